The van der Waals surface area contributed by atoms with E-state index < -0.39 is 5.60 Å². The lowest BCUT2D eigenvalue weighted by Crippen LogP contribution is -2.55. The van der Waals surface area contributed by atoms with Gasteiger partial charge in [0.1, 0.15) is 0 Å². The van der Waals surface area contributed by atoms with Crippen LogP contribution in [-0.4, -0.2) is 71.0 Å². The lowest BCUT2D eigenvalue weighted by Gasteiger charge is -2.42. The summed E-state index contributed by atoms with van der Waals surface area (Å²) < 4.78 is 0. The summed E-state index contributed by atoms with van der Waals surface area (Å²) in [6.07, 6.45) is 6.60. The molecule has 0 aromatic heterocycles. The van der Waals surface area contributed by atoms with Crippen molar-refractivity contribution in [3.63, 3.8) is 0 Å². The minimum absolute atomic E-state index is 0.264. The van der Waals surface area contributed by atoms with Crippen molar-refractivity contribution in [2.75, 3.05) is 39.3 Å². The van der Waals surface area contributed by atoms with Crippen molar-refractivity contribution < 1.29 is 10.2 Å². The van der Waals surface area contributed by atoms with E-state index in [4.69, 9.17) is 0 Å². The molecule has 0 bridgehead atoms. The van der Waals surface area contributed by atoms with Crippen LogP contribution < -0.4 is 0 Å². The van der Waals surface area contributed by atoms with E-state index in [0.29, 0.717) is 6.04 Å². The van der Waals surface area contributed by atoms with Gasteiger partial charge in [-0.05, 0) is 19.3 Å². The zero-order valence-electron chi connectivity index (χ0n) is 12.4. The zero-order valence-corrected chi connectivity index (χ0v) is 12.4. The summed E-state index contributed by atoms with van der Waals surface area (Å²) in [4.78, 5) is 4.80. The van der Waals surface area contributed by atoms with Crippen molar-refractivity contribution in [1.29, 1.82) is 0 Å². The first-order valence-electron chi connectivity index (χ1n) is 7.96. The third kappa shape index (κ3) is 4.15. The summed E-state index contributed by atoms with van der Waals surface area (Å²) in [6.45, 7) is 7.34. The molecular weight excluding hydrogens is 240 g/mol. The second kappa shape index (κ2) is 7.02. The predicted octanol–water partition coefficient (Wildman–Crippen LogP) is 1.07. The minimum atomic E-state index is -0.429. The fraction of sp³-hybridized carbons (Fsp3) is 1.00. The third-order valence-corrected chi connectivity index (χ3v) is 4.91. The summed E-state index contributed by atoms with van der Waals surface area (Å²) in [6, 6.07) is 0.319. The molecule has 112 valence electrons. The van der Waals surface area contributed by atoms with Gasteiger partial charge in [-0.3, -0.25) is 9.80 Å². The highest BCUT2D eigenvalue weighted by molar-refractivity contribution is 4.88. The van der Waals surface area contributed by atoms with E-state index in [9.17, 15) is 10.2 Å². The molecule has 1 unspecified atom stereocenters. The number of hydrogen-bond acceptors (Lipinski definition) is 4. The molecule has 0 aromatic carbocycles. The number of rotatable bonds is 5. The molecule has 2 fully saturated rings. The maximum atomic E-state index is 10.6. The van der Waals surface area contributed by atoms with Crippen LogP contribution in [0.2, 0.25) is 0 Å². The van der Waals surface area contributed by atoms with Gasteiger partial charge >= 0.3 is 0 Å². The second-order valence-electron chi connectivity index (χ2n) is 6.34. The Labute approximate surface area is 117 Å². The number of aliphatic hydroxyl groups is 2. The van der Waals surface area contributed by atoms with Gasteiger partial charge < -0.3 is 10.2 Å². The fourth-order valence-corrected chi connectivity index (χ4v) is 3.57. The van der Waals surface area contributed by atoms with E-state index in [2.05, 4.69) is 16.7 Å². The van der Waals surface area contributed by atoms with Gasteiger partial charge in [0.25, 0.3) is 0 Å². The molecule has 4 heteroatoms. The molecule has 0 radical (unpaired) electrons. The average Bonchev–Trinajstić information content (AvgIpc) is 2.42. The number of piperazine rings is 1. The maximum absolute atomic E-state index is 10.6. The van der Waals surface area contributed by atoms with E-state index in [0.717, 1.165) is 52.0 Å². The van der Waals surface area contributed by atoms with Crippen LogP contribution in [0.1, 0.15) is 45.4 Å². The first-order valence-corrected chi connectivity index (χ1v) is 7.96. The van der Waals surface area contributed by atoms with E-state index >= 15 is 0 Å². The Morgan fingerprint density at radius 3 is 2.21 bits per heavy atom. The molecule has 1 atom stereocenters. The lowest BCUT2D eigenvalue weighted by molar-refractivity contribution is -0.0402. The summed E-state index contributed by atoms with van der Waals surface area (Å²) in [5.74, 6) is 0. The Kier molecular flexibility index (Phi) is 5.63. The Hall–Kier alpha value is -0.160. The first kappa shape index (κ1) is 15.2. The summed E-state index contributed by atoms with van der Waals surface area (Å²) in [7, 11) is 0. The molecule has 4 nitrogen and oxygen atoms in total. The SMILES string of the molecule is CCC(CO)N1CCN(CC2(O)CCCCC2)CC1. The van der Waals surface area contributed by atoms with Crippen LogP contribution in [0.5, 0.6) is 0 Å². The molecule has 1 heterocycles. The number of nitrogens with zero attached hydrogens (tertiary/aromatic N) is 2. The number of β-amino-alcohol motifs (C(OH)–C–C–N with tert-alkyl or cyclic N) is 1. The van der Waals surface area contributed by atoms with Gasteiger partial charge in [0.05, 0.1) is 12.2 Å². The van der Waals surface area contributed by atoms with Gasteiger partial charge in [-0.25, -0.2) is 0 Å². The number of aliphatic hydroxyl groups excluding tert-OH is 1. The quantitative estimate of drug-likeness (QED) is 0.784. The van der Waals surface area contributed by atoms with Crippen molar-refractivity contribution in [2.45, 2.75) is 57.1 Å². The maximum Gasteiger partial charge on any atom is 0.0774 e. The van der Waals surface area contributed by atoms with E-state index in [-0.39, 0.29) is 6.61 Å². The fourth-order valence-electron chi connectivity index (χ4n) is 3.57. The Morgan fingerprint density at radius 1 is 1.05 bits per heavy atom. The van der Waals surface area contributed by atoms with Crippen LogP contribution in [0.25, 0.3) is 0 Å². The van der Waals surface area contributed by atoms with Gasteiger partial charge in [-0.15, -0.1) is 0 Å². The van der Waals surface area contributed by atoms with Crippen LogP contribution in [-0.2, 0) is 0 Å². The standard InChI is InChI=1S/C15H30N2O2/c1-2-14(12-18)17-10-8-16(9-11-17)13-15(19)6-4-3-5-7-15/h14,18-19H,2-13H2,1H3. The van der Waals surface area contributed by atoms with Crippen LogP contribution in [0.3, 0.4) is 0 Å². The molecule has 2 N–H and O–H groups in total. The second-order valence-corrected chi connectivity index (χ2v) is 6.34. The molecule has 1 saturated carbocycles. The summed E-state index contributed by atoms with van der Waals surface area (Å²) in [5, 5.41) is 19.9. The van der Waals surface area contributed by atoms with Crippen molar-refractivity contribution in [1.82, 2.24) is 9.80 Å². The molecule has 0 spiro atoms. The topological polar surface area (TPSA) is 46.9 Å². The van der Waals surface area contributed by atoms with Gasteiger partial charge in [0, 0.05) is 38.8 Å². The minimum Gasteiger partial charge on any atom is -0.395 e. The largest absolute Gasteiger partial charge is 0.395 e. The first-order chi connectivity index (χ1) is 9.17. The van der Waals surface area contributed by atoms with E-state index in [1.807, 2.05) is 0 Å². The van der Waals surface area contributed by atoms with E-state index in [1.165, 1.54) is 19.3 Å². The number of hydrogen-bond donors (Lipinski definition) is 2. The van der Waals surface area contributed by atoms with Gasteiger partial charge in [0.15, 0.2) is 0 Å². The van der Waals surface area contributed by atoms with Crippen LogP contribution in [0.4, 0.5) is 0 Å². The predicted molar refractivity (Wildman–Crippen MR) is 77.2 cm³/mol. The normalized spacial score (nSPS) is 27.3. The van der Waals surface area contributed by atoms with Gasteiger partial charge in [-0.2, -0.15) is 0 Å². The van der Waals surface area contributed by atoms with Crippen LogP contribution in [0, 0.1) is 0 Å². The summed E-state index contributed by atoms with van der Waals surface area (Å²) in [5.41, 5.74) is -0.429. The smallest absolute Gasteiger partial charge is 0.0774 e. The summed E-state index contributed by atoms with van der Waals surface area (Å²) >= 11 is 0. The van der Waals surface area contributed by atoms with Gasteiger partial charge in [-0.1, -0.05) is 26.2 Å². The van der Waals surface area contributed by atoms with Crippen LogP contribution in [0.15, 0.2) is 0 Å². The van der Waals surface area contributed by atoms with Gasteiger partial charge in [0.2, 0.25) is 0 Å². The Bertz CT molecular complexity index is 255. The molecule has 2 rings (SSSR count). The average molecular weight is 270 g/mol. The molecule has 0 amide bonds. The highest BCUT2D eigenvalue weighted by Crippen LogP contribution is 2.29. The van der Waals surface area contributed by atoms with Crippen molar-refractivity contribution in [2.24, 2.45) is 0 Å². The lowest BCUT2D eigenvalue weighted by atomic mass is 9.84. The van der Waals surface area contributed by atoms with E-state index in [1.54, 1.807) is 0 Å². The molecule has 0 aromatic rings. The molecule has 19 heavy (non-hydrogen) atoms. The van der Waals surface area contributed by atoms with Crippen molar-refractivity contribution in [3.05, 3.63) is 0 Å². The molecule has 1 saturated heterocycles. The molecule has 2 aliphatic rings. The Balaban J connectivity index is 1.76. The van der Waals surface area contributed by atoms with Crippen molar-refractivity contribution in [3.8, 4) is 0 Å². The highest BCUT2D eigenvalue weighted by atomic mass is 16.3. The molecule has 1 aliphatic heterocycles. The zero-order chi connectivity index (χ0) is 13.7. The van der Waals surface area contributed by atoms with Crippen LogP contribution >= 0.6 is 0 Å². The monoisotopic (exact) mass is 270 g/mol. The highest BCUT2D eigenvalue weighted by Gasteiger charge is 2.32. The third-order valence-electron chi connectivity index (χ3n) is 4.91. The Morgan fingerprint density at radius 2 is 1.68 bits per heavy atom. The molecule has 1 aliphatic carbocycles. The van der Waals surface area contributed by atoms with Crippen molar-refractivity contribution >= 4 is 0 Å². The molecular formula is C15H30N2O2.